The van der Waals surface area contributed by atoms with Crippen LogP contribution >= 0.6 is 0 Å². The summed E-state index contributed by atoms with van der Waals surface area (Å²) in [6.07, 6.45) is -2.47. The van der Waals surface area contributed by atoms with Gasteiger partial charge in [-0.25, -0.2) is 19.2 Å². The lowest BCUT2D eigenvalue weighted by Gasteiger charge is -2.26. The minimum absolute atomic E-state index is 0.0476. The molecule has 1 heterocycles. The smallest absolute Gasteiger partial charge is 0.408 e. The van der Waals surface area contributed by atoms with Crippen LogP contribution in [-0.4, -0.2) is 90.2 Å². The van der Waals surface area contributed by atoms with E-state index >= 15 is 0 Å². The van der Waals surface area contributed by atoms with Crippen LogP contribution in [0.5, 0.6) is 0 Å². The second-order valence-electron chi connectivity index (χ2n) is 8.95. The summed E-state index contributed by atoms with van der Waals surface area (Å²) in [7, 11) is 1.10. The number of imide groups is 1. The number of nitrogens with one attached hydrogen (secondary N) is 2. The first-order valence-electron chi connectivity index (χ1n) is 11.2. The largest absolute Gasteiger partial charge is 0.467 e. The molecule has 14 nitrogen and oxygen atoms in total. The third-order valence-corrected chi connectivity index (χ3v) is 4.86. The summed E-state index contributed by atoms with van der Waals surface area (Å²) in [6, 6.07) is 6.56. The van der Waals surface area contributed by atoms with Crippen molar-refractivity contribution in [3.8, 4) is 0 Å². The summed E-state index contributed by atoms with van der Waals surface area (Å²) in [4.78, 5) is 75.0. The first-order valence-corrected chi connectivity index (χ1v) is 11.2. The van der Waals surface area contributed by atoms with Crippen molar-refractivity contribution in [3.63, 3.8) is 0 Å². The lowest BCUT2D eigenvalue weighted by atomic mass is 10.2. The van der Waals surface area contributed by atoms with E-state index in [1.54, 1.807) is 51.1 Å². The Hall–Kier alpha value is -4.20. The van der Waals surface area contributed by atoms with Crippen molar-refractivity contribution in [2.24, 2.45) is 5.73 Å². The number of hydrogen-bond acceptors (Lipinski definition) is 10. The van der Waals surface area contributed by atoms with Crippen molar-refractivity contribution in [1.29, 1.82) is 0 Å². The highest BCUT2D eigenvalue weighted by Gasteiger charge is 2.43. The zero-order valence-corrected chi connectivity index (χ0v) is 21.0. The van der Waals surface area contributed by atoms with Crippen LogP contribution in [0.15, 0.2) is 30.3 Å². The maximum absolute atomic E-state index is 12.6. The molecule has 1 aliphatic heterocycles. The highest BCUT2D eigenvalue weighted by molar-refractivity contribution is 6.05. The van der Waals surface area contributed by atoms with Gasteiger partial charge in [-0.3, -0.25) is 19.4 Å². The molecule has 1 aromatic rings. The molecule has 0 aromatic heterocycles. The van der Waals surface area contributed by atoms with Crippen LogP contribution in [0.4, 0.5) is 9.59 Å². The third kappa shape index (κ3) is 8.75. The van der Waals surface area contributed by atoms with Gasteiger partial charge >= 0.3 is 24.1 Å². The van der Waals surface area contributed by atoms with Gasteiger partial charge in [0, 0.05) is 6.54 Å². The van der Waals surface area contributed by atoms with E-state index in [9.17, 15) is 28.8 Å². The van der Waals surface area contributed by atoms with Gasteiger partial charge in [0.25, 0.3) is 5.91 Å². The van der Waals surface area contributed by atoms with Crippen molar-refractivity contribution in [3.05, 3.63) is 35.9 Å². The number of esters is 2. The van der Waals surface area contributed by atoms with Crippen LogP contribution in [0.25, 0.3) is 0 Å². The zero-order valence-electron chi connectivity index (χ0n) is 21.0. The van der Waals surface area contributed by atoms with E-state index in [1.165, 1.54) is 0 Å². The first-order chi connectivity index (χ1) is 17.3. The Morgan fingerprint density at radius 2 is 1.73 bits per heavy atom. The van der Waals surface area contributed by atoms with Gasteiger partial charge in [-0.15, -0.1) is 0 Å². The molecule has 2 rings (SSSR count). The molecule has 0 unspecified atom stereocenters. The molecule has 0 spiro atoms. The Labute approximate surface area is 213 Å². The van der Waals surface area contributed by atoms with Gasteiger partial charge in [0.15, 0.2) is 6.17 Å². The van der Waals surface area contributed by atoms with Crippen LogP contribution in [0.2, 0.25) is 0 Å². The fourth-order valence-electron chi connectivity index (χ4n) is 3.08. The van der Waals surface area contributed by atoms with E-state index < -0.39 is 73.3 Å². The second-order valence-corrected chi connectivity index (χ2v) is 8.95. The highest BCUT2D eigenvalue weighted by atomic mass is 16.6. The summed E-state index contributed by atoms with van der Waals surface area (Å²) < 4.78 is 14.8. The maximum Gasteiger partial charge on any atom is 0.408 e. The summed E-state index contributed by atoms with van der Waals surface area (Å²) in [5.74, 6) is -3.35. The van der Waals surface area contributed by atoms with Gasteiger partial charge in [-0.2, -0.15) is 0 Å². The molecular formula is C23H31N5O9. The van der Waals surface area contributed by atoms with Gasteiger partial charge in [0.2, 0.25) is 5.91 Å². The number of rotatable bonds is 10. The standard InChI is InChI=1S/C23H31N5O9/c1-23(2,3)37-20(32)18(24)28-12-17(30)27(22(28)34)11-16(29)25-10-15(19(31)35-4)26-21(33)36-13-14-8-6-5-7-9-14/h5-9,15,18H,10-13,24H2,1-4H3,(H,25,29)(H,26,33)/t15-,18-/m0/s1. The molecule has 37 heavy (non-hydrogen) atoms. The quantitative estimate of drug-likeness (QED) is 0.205. The maximum atomic E-state index is 12.6. The molecule has 0 saturated carbocycles. The molecule has 1 aliphatic rings. The predicted molar refractivity (Wildman–Crippen MR) is 126 cm³/mol. The van der Waals surface area contributed by atoms with E-state index in [0.717, 1.165) is 17.6 Å². The Bertz CT molecular complexity index is 1030. The number of ether oxygens (including phenoxy) is 3. The number of hydrogen-bond donors (Lipinski definition) is 3. The summed E-state index contributed by atoms with van der Waals surface area (Å²) in [5.41, 5.74) is 5.64. The van der Waals surface area contributed by atoms with E-state index in [4.69, 9.17) is 15.2 Å². The molecule has 2 atom stereocenters. The molecular weight excluding hydrogens is 490 g/mol. The van der Waals surface area contributed by atoms with Crippen LogP contribution in [0, 0.1) is 0 Å². The predicted octanol–water partition coefficient (Wildman–Crippen LogP) is -0.539. The minimum atomic E-state index is -1.54. The Morgan fingerprint density at radius 1 is 1.08 bits per heavy atom. The van der Waals surface area contributed by atoms with Crippen molar-refractivity contribution in [2.75, 3.05) is 26.7 Å². The average Bonchev–Trinajstić information content (AvgIpc) is 3.12. The van der Waals surface area contributed by atoms with Gasteiger partial charge in [-0.05, 0) is 26.3 Å². The third-order valence-electron chi connectivity index (χ3n) is 4.86. The summed E-state index contributed by atoms with van der Waals surface area (Å²) in [5, 5.41) is 4.63. The number of methoxy groups -OCH3 is 1. The number of urea groups is 1. The lowest BCUT2D eigenvalue weighted by Crippen LogP contribution is -2.53. The van der Waals surface area contributed by atoms with Crippen molar-refractivity contribution < 1.29 is 43.0 Å². The first kappa shape index (κ1) is 29.0. The number of carbonyl (C=O) groups excluding carboxylic acids is 6. The molecule has 14 heteroatoms. The summed E-state index contributed by atoms with van der Waals surface area (Å²) in [6.45, 7) is 3.16. The monoisotopic (exact) mass is 521 g/mol. The normalized spacial score (nSPS) is 15.1. The second kappa shape index (κ2) is 12.7. The summed E-state index contributed by atoms with van der Waals surface area (Å²) >= 11 is 0. The Kier molecular flexibility index (Phi) is 9.94. The average molecular weight is 522 g/mol. The van der Waals surface area contributed by atoms with E-state index in [1.807, 2.05) is 0 Å². The fourth-order valence-corrected chi connectivity index (χ4v) is 3.08. The lowest BCUT2D eigenvalue weighted by molar-refractivity contribution is -0.160. The zero-order chi connectivity index (χ0) is 27.8. The van der Waals surface area contributed by atoms with Gasteiger partial charge in [0.1, 0.15) is 31.3 Å². The number of nitrogens with two attached hydrogens (primary N) is 1. The van der Waals surface area contributed by atoms with Crippen molar-refractivity contribution >= 4 is 35.9 Å². The SMILES string of the molecule is COC(=O)[C@H](CNC(=O)CN1C(=O)CN([C@H](N)C(=O)OC(C)(C)C)C1=O)NC(=O)OCc1ccccc1. The molecule has 5 amide bonds. The van der Waals surface area contributed by atoms with E-state index in [2.05, 4.69) is 15.4 Å². The van der Waals surface area contributed by atoms with Gasteiger partial charge in [-0.1, -0.05) is 30.3 Å². The molecule has 0 bridgehead atoms. The number of alkyl carbamates (subject to hydrolysis) is 1. The number of nitrogens with zero attached hydrogens (tertiary/aromatic N) is 2. The number of carbonyl (C=O) groups is 6. The molecule has 1 saturated heterocycles. The van der Waals surface area contributed by atoms with Gasteiger partial charge in [0.05, 0.1) is 7.11 Å². The van der Waals surface area contributed by atoms with Crippen LogP contribution in [0.3, 0.4) is 0 Å². The van der Waals surface area contributed by atoms with E-state index in [-0.39, 0.29) is 6.61 Å². The molecule has 0 radical (unpaired) electrons. The topological polar surface area (TPSA) is 187 Å². The molecule has 0 aliphatic carbocycles. The number of amides is 5. The fraction of sp³-hybridized carbons (Fsp3) is 0.478. The van der Waals surface area contributed by atoms with Crippen LogP contribution in [0.1, 0.15) is 26.3 Å². The van der Waals surface area contributed by atoms with Crippen LogP contribution in [-0.2, 0) is 40.0 Å². The van der Waals surface area contributed by atoms with Crippen LogP contribution < -0.4 is 16.4 Å². The minimum Gasteiger partial charge on any atom is -0.467 e. The molecule has 1 fully saturated rings. The molecule has 202 valence electrons. The van der Waals surface area contributed by atoms with Crippen molar-refractivity contribution in [1.82, 2.24) is 20.4 Å². The van der Waals surface area contributed by atoms with Crippen molar-refractivity contribution in [2.45, 2.75) is 45.2 Å². The van der Waals surface area contributed by atoms with E-state index in [0.29, 0.717) is 4.90 Å². The highest BCUT2D eigenvalue weighted by Crippen LogP contribution is 2.15. The molecule has 4 N–H and O–H groups in total. The number of benzene rings is 1. The Balaban J connectivity index is 1.90. The Morgan fingerprint density at radius 3 is 2.32 bits per heavy atom. The molecule has 1 aromatic carbocycles. The van der Waals surface area contributed by atoms with Gasteiger partial charge < -0.3 is 30.6 Å².